The van der Waals surface area contributed by atoms with Crippen molar-refractivity contribution in [1.82, 2.24) is 0 Å². The van der Waals surface area contributed by atoms with E-state index in [4.69, 9.17) is 24.3 Å². The van der Waals surface area contributed by atoms with Gasteiger partial charge in [0, 0.05) is 5.57 Å². The van der Waals surface area contributed by atoms with E-state index in [1.165, 1.54) is 24.3 Å². The summed E-state index contributed by atoms with van der Waals surface area (Å²) in [5, 5.41) is 18.1. The minimum Gasteiger partial charge on any atom is -0.490 e. The Labute approximate surface area is 156 Å². The summed E-state index contributed by atoms with van der Waals surface area (Å²) in [5.41, 5.74) is 0.938. The molecule has 0 aliphatic carbocycles. The second-order valence-electron chi connectivity index (χ2n) is 5.62. The van der Waals surface area contributed by atoms with Crippen molar-refractivity contribution in [3.63, 3.8) is 0 Å². The Bertz CT molecular complexity index is 798. The van der Waals surface area contributed by atoms with Crippen molar-refractivity contribution < 1.29 is 33.8 Å². The highest BCUT2D eigenvalue weighted by molar-refractivity contribution is 6.58. The third-order valence-corrected chi connectivity index (χ3v) is 3.41. The first-order valence-corrected chi connectivity index (χ1v) is 8.10. The SMILES string of the molecule is C=C(C)C(=O)OCCOc1ccc(C(=O)Oc2ccc(B(O)O)cc2)cc1. The van der Waals surface area contributed by atoms with Gasteiger partial charge < -0.3 is 24.3 Å². The van der Waals surface area contributed by atoms with E-state index in [0.717, 1.165) is 0 Å². The Morgan fingerprint density at radius 2 is 1.56 bits per heavy atom. The maximum Gasteiger partial charge on any atom is 0.488 e. The van der Waals surface area contributed by atoms with Gasteiger partial charge in [-0.15, -0.1) is 0 Å². The Morgan fingerprint density at radius 3 is 2.11 bits per heavy atom. The monoisotopic (exact) mass is 370 g/mol. The van der Waals surface area contributed by atoms with Gasteiger partial charge >= 0.3 is 19.1 Å². The van der Waals surface area contributed by atoms with Gasteiger partial charge in [0.05, 0.1) is 5.56 Å². The van der Waals surface area contributed by atoms with E-state index in [2.05, 4.69) is 6.58 Å². The van der Waals surface area contributed by atoms with Crippen LogP contribution in [0.4, 0.5) is 0 Å². The lowest BCUT2D eigenvalue weighted by Gasteiger charge is -2.08. The predicted molar refractivity (Wildman–Crippen MR) is 98.9 cm³/mol. The summed E-state index contributed by atoms with van der Waals surface area (Å²) in [5.74, 6) is -0.240. The Morgan fingerprint density at radius 1 is 0.963 bits per heavy atom. The van der Waals surface area contributed by atoms with Crippen LogP contribution < -0.4 is 14.9 Å². The van der Waals surface area contributed by atoms with Gasteiger partial charge in [-0.25, -0.2) is 9.59 Å². The molecular weight excluding hydrogens is 351 g/mol. The summed E-state index contributed by atoms with van der Waals surface area (Å²) in [6, 6.07) is 12.1. The van der Waals surface area contributed by atoms with Crippen LogP contribution in [0.1, 0.15) is 17.3 Å². The van der Waals surface area contributed by atoms with Gasteiger partial charge in [-0.3, -0.25) is 0 Å². The first-order chi connectivity index (χ1) is 12.9. The minimum atomic E-state index is -1.58. The number of hydrogen-bond acceptors (Lipinski definition) is 7. The molecule has 0 radical (unpaired) electrons. The number of ether oxygens (including phenoxy) is 3. The minimum absolute atomic E-state index is 0.0913. The molecule has 7 nitrogen and oxygen atoms in total. The van der Waals surface area contributed by atoms with Crippen LogP contribution in [0.2, 0.25) is 0 Å². The maximum atomic E-state index is 12.1. The lowest BCUT2D eigenvalue weighted by molar-refractivity contribution is -0.139. The van der Waals surface area contributed by atoms with Crippen molar-refractivity contribution >= 4 is 24.5 Å². The third kappa shape index (κ3) is 6.29. The van der Waals surface area contributed by atoms with Crippen LogP contribution >= 0.6 is 0 Å². The molecule has 0 amide bonds. The van der Waals surface area contributed by atoms with Crippen LogP contribution in [0.3, 0.4) is 0 Å². The van der Waals surface area contributed by atoms with Gasteiger partial charge in [-0.05, 0) is 48.8 Å². The van der Waals surface area contributed by atoms with E-state index in [0.29, 0.717) is 22.3 Å². The average molecular weight is 370 g/mol. The molecule has 0 bridgehead atoms. The highest BCUT2D eigenvalue weighted by Gasteiger charge is 2.12. The van der Waals surface area contributed by atoms with Crippen LogP contribution in [0, 0.1) is 0 Å². The summed E-state index contributed by atoms with van der Waals surface area (Å²) in [7, 11) is -1.58. The highest BCUT2D eigenvalue weighted by atomic mass is 16.6. The van der Waals surface area contributed by atoms with Crippen molar-refractivity contribution in [2.24, 2.45) is 0 Å². The first-order valence-electron chi connectivity index (χ1n) is 8.10. The van der Waals surface area contributed by atoms with Gasteiger partial charge in [0.15, 0.2) is 0 Å². The zero-order valence-electron chi connectivity index (χ0n) is 14.8. The Balaban J connectivity index is 1.84. The molecule has 8 heteroatoms. The topological polar surface area (TPSA) is 102 Å². The number of rotatable bonds is 8. The van der Waals surface area contributed by atoms with Gasteiger partial charge in [0.1, 0.15) is 24.7 Å². The molecule has 0 aliphatic heterocycles. The van der Waals surface area contributed by atoms with Crippen LogP contribution in [-0.2, 0) is 9.53 Å². The van der Waals surface area contributed by atoms with Gasteiger partial charge in [0.2, 0.25) is 0 Å². The quantitative estimate of drug-likeness (QED) is 0.236. The highest BCUT2D eigenvalue weighted by Crippen LogP contribution is 2.15. The normalized spacial score (nSPS) is 10.0. The van der Waals surface area contributed by atoms with Crippen molar-refractivity contribution in [1.29, 1.82) is 0 Å². The molecular formula is C19H19BO7. The fourth-order valence-corrected chi connectivity index (χ4v) is 1.98. The summed E-state index contributed by atoms with van der Waals surface area (Å²) < 4.78 is 15.5. The fourth-order valence-electron chi connectivity index (χ4n) is 1.98. The lowest BCUT2D eigenvalue weighted by Crippen LogP contribution is -2.29. The molecule has 0 fully saturated rings. The van der Waals surface area contributed by atoms with Gasteiger partial charge in [-0.2, -0.15) is 0 Å². The molecule has 140 valence electrons. The van der Waals surface area contributed by atoms with E-state index in [1.54, 1.807) is 31.2 Å². The zero-order chi connectivity index (χ0) is 19.8. The molecule has 2 rings (SSSR count). The van der Waals surface area contributed by atoms with Crippen LogP contribution in [-0.4, -0.2) is 42.3 Å². The van der Waals surface area contributed by atoms with E-state index < -0.39 is 19.1 Å². The largest absolute Gasteiger partial charge is 0.490 e. The molecule has 0 aromatic heterocycles. The van der Waals surface area contributed by atoms with Crippen molar-refractivity contribution in [3.05, 3.63) is 66.2 Å². The molecule has 0 saturated carbocycles. The standard InChI is InChI=1S/C19H19BO7/c1-13(2)18(21)26-12-11-25-16-7-3-14(4-8-16)19(22)27-17-9-5-15(6-10-17)20(23)24/h3-10,23-24H,1,11-12H2,2H3. The molecule has 0 atom stereocenters. The van der Waals surface area contributed by atoms with Crippen LogP contribution in [0.5, 0.6) is 11.5 Å². The third-order valence-electron chi connectivity index (χ3n) is 3.41. The van der Waals surface area contributed by atoms with Crippen LogP contribution in [0.25, 0.3) is 0 Å². The van der Waals surface area contributed by atoms with Crippen molar-refractivity contribution in [2.75, 3.05) is 13.2 Å². The second-order valence-corrected chi connectivity index (χ2v) is 5.62. The van der Waals surface area contributed by atoms with Gasteiger partial charge in [0.25, 0.3) is 0 Å². The number of carbonyl (C=O) groups excluding carboxylic acids is 2. The summed E-state index contributed by atoms with van der Waals surface area (Å²) >= 11 is 0. The average Bonchev–Trinajstić information content (AvgIpc) is 2.65. The van der Waals surface area contributed by atoms with E-state index in [1.807, 2.05) is 0 Å². The second kappa shape index (κ2) is 9.56. The molecule has 0 spiro atoms. The zero-order valence-corrected chi connectivity index (χ0v) is 14.8. The van der Waals surface area contributed by atoms with Crippen molar-refractivity contribution in [2.45, 2.75) is 6.92 Å². The molecule has 0 unspecified atom stereocenters. The molecule has 2 aromatic rings. The summed E-state index contributed by atoms with van der Waals surface area (Å²) in [4.78, 5) is 23.3. The first kappa shape index (κ1) is 20.2. The molecule has 2 aromatic carbocycles. The summed E-state index contributed by atoms with van der Waals surface area (Å²) in [6.07, 6.45) is 0. The Hall–Kier alpha value is -3.10. The lowest BCUT2D eigenvalue weighted by atomic mass is 9.80. The molecule has 0 saturated heterocycles. The van der Waals surface area contributed by atoms with E-state index in [-0.39, 0.29) is 19.0 Å². The molecule has 0 aliphatic rings. The number of carbonyl (C=O) groups is 2. The summed E-state index contributed by atoms with van der Waals surface area (Å²) in [6.45, 7) is 5.30. The number of esters is 2. The van der Waals surface area contributed by atoms with Gasteiger partial charge in [-0.1, -0.05) is 18.7 Å². The fraction of sp³-hybridized carbons (Fsp3) is 0.158. The van der Waals surface area contributed by atoms with Crippen LogP contribution in [0.15, 0.2) is 60.7 Å². The van der Waals surface area contributed by atoms with E-state index in [9.17, 15) is 9.59 Å². The van der Waals surface area contributed by atoms with E-state index >= 15 is 0 Å². The molecule has 2 N–H and O–H groups in total. The van der Waals surface area contributed by atoms with Crippen molar-refractivity contribution in [3.8, 4) is 11.5 Å². The Kier molecular flexibility index (Phi) is 7.16. The smallest absolute Gasteiger partial charge is 0.488 e. The maximum absolute atomic E-state index is 12.1. The number of benzene rings is 2. The molecule has 0 heterocycles. The number of hydrogen-bond donors (Lipinski definition) is 2. The predicted octanol–water partition coefficient (Wildman–Crippen LogP) is 1.08. The molecule has 27 heavy (non-hydrogen) atoms.